The number of hydrogen-bond acceptors (Lipinski definition) is 1. The van der Waals surface area contributed by atoms with Crippen LogP contribution in [0.25, 0.3) is 93.2 Å². The van der Waals surface area contributed by atoms with Gasteiger partial charge in [-0.2, -0.15) is 0 Å². The number of para-hydroxylation sites is 5. The number of fused-ring (bicyclic) bond motifs is 7. The molecular formula is C66H50N2. The van der Waals surface area contributed by atoms with Crippen LogP contribution in [0.15, 0.2) is 237 Å². The van der Waals surface area contributed by atoms with Crippen molar-refractivity contribution in [1.29, 1.82) is 0 Å². The second-order valence-electron chi connectivity index (χ2n) is 18.6. The van der Waals surface area contributed by atoms with E-state index in [1.165, 1.54) is 125 Å². The molecule has 12 aromatic rings. The van der Waals surface area contributed by atoms with Gasteiger partial charge < -0.3 is 9.47 Å². The summed E-state index contributed by atoms with van der Waals surface area (Å²) in [7, 11) is 0. The SMILES string of the molecule is c1ccc(-n2c3ccccc3c3cccc(-c4ccccc4N(c4ccc(-c5cccc6c5ccc5ccccc56)cc4)c4ccccc4-c4cccc5cccc(C6CCCCC6)c45)c32)cc1. The molecule has 1 aliphatic rings. The van der Waals surface area contributed by atoms with Crippen LogP contribution < -0.4 is 4.90 Å². The smallest absolute Gasteiger partial charge is 0.0620 e. The Kier molecular flexibility index (Phi) is 9.97. The Labute approximate surface area is 398 Å². The monoisotopic (exact) mass is 870 g/mol. The quantitative estimate of drug-likeness (QED) is 0.138. The molecule has 1 saturated carbocycles. The van der Waals surface area contributed by atoms with E-state index in [0.717, 1.165) is 22.7 Å². The topological polar surface area (TPSA) is 8.17 Å². The highest BCUT2D eigenvalue weighted by Gasteiger charge is 2.26. The minimum Gasteiger partial charge on any atom is -0.309 e. The highest BCUT2D eigenvalue weighted by Crippen LogP contribution is 2.49. The Morgan fingerprint density at radius 3 is 1.72 bits per heavy atom. The van der Waals surface area contributed by atoms with Crippen LogP contribution in [0, 0.1) is 0 Å². The van der Waals surface area contributed by atoms with E-state index in [0.29, 0.717) is 5.92 Å². The number of hydrogen-bond donors (Lipinski definition) is 0. The summed E-state index contributed by atoms with van der Waals surface area (Å²) in [5, 5.41) is 10.3. The molecule has 0 unspecified atom stereocenters. The van der Waals surface area contributed by atoms with Gasteiger partial charge in [-0.15, -0.1) is 0 Å². The molecule has 1 fully saturated rings. The number of anilines is 3. The summed E-state index contributed by atoms with van der Waals surface area (Å²) < 4.78 is 2.46. The Balaban J connectivity index is 1.05. The molecule has 0 amide bonds. The van der Waals surface area contributed by atoms with Crippen LogP contribution in [-0.2, 0) is 0 Å². The molecule has 1 heterocycles. The van der Waals surface area contributed by atoms with Gasteiger partial charge in [-0.25, -0.2) is 0 Å². The Morgan fingerprint density at radius 2 is 0.926 bits per heavy atom. The van der Waals surface area contributed by atoms with Gasteiger partial charge in [-0.3, -0.25) is 0 Å². The highest BCUT2D eigenvalue weighted by molar-refractivity contribution is 6.15. The van der Waals surface area contributed by atoms with E-state index in [1.54, 1.807) is 0 Å². The molecule has 11 aromatic carbocycles. The molecule has 13 rings (SSSR count). The van der Waals surface area contributed by atoms with Gasteiger partial charge in [-0.05, 0) is 116 Å². The van der Waals surface area contributed by atoms with E-state index in [2.05, 4.69) is 246 Å². The summed E-state index contributed by atoms with van der Waals surface area (Å²) >= 11 is 0. The summed E-state index contributed by atoms with van der Waals surface area (Å²) in [5.41, 5.74) is 15.7. The van der Waals surface area contributed by atoms with Crippen LogP contribution in [0.1, 0.15) is 43.6 Å². The van der Waals surface area contributed by atoms with Crippen molar-refractivity contribution in [3.8, 4) is 39.1 Å². The van der Waals surface area contributed by atoms with E-state index in [1.807, 2.05) is 0 Å². The standard InChI is InChI=1S/C66H50N2/c1-3-19-45(20-4-1)53-31-15-22-48-23-16-33-59(65(48)53)56-27-9-12-36-62(56)67(50-42-39-47(40-43-50)52-30-17-32-54-51-26-8-7-21-46(51)41-44-55(52)54)63-37-13-10-28-57(63)60-34-18-35-61-58-29-11-14-38-64(58)68(66(60)61)49-24-5-2-6-25-49/h2,5-18,21-45H,1,3-4,19-20H2. The molecule has 0 bridgehead atoms. The summed E-state index contributed by atoms with van der Waals surface area (Å²) in [5.74, 6) is 0.564. The first kappa shape index (κ1) is 40.1. The van der Waals surface area contributed by atoms with E-state index < -0.39 is 0 Å². The minimum atomic E-state index is 0.564. The highest BCUT2D eigenvalue weighted by atomic mass is 15.1. The molecule has 1 aliphatic carbocycles. The zero-order chi connectivity index (χ0) is 45.0. The maximum absolute atomic E-state index is 2.53. The van der Waals surface area contributed by atoms with Crippen molar-refractivity contribution >= 4 is 71.2 Å². The Bertz CT molecular complexity index is 3830. The molecule has 2 nitrogen and oxygen atoms in total. The maximum Gasteiger partial charge on any atom is 0.0620 e. The van der Waals surface area contributed by atoms with E-state index in [4.69, 9.17) is 0 Å². The van der Waals surface area contributed by atoms with Crippen molar-refractivity contribution in [2.45, 2.75) is 38.0 Å². The molecule has 0 radical (unpaired) electrons. The zero-order valence-corrected chi connectivity index (χ0v) is 38.0. The molecule has 0 atom stereocenters. The largest absolute Gasteiger partial charge is 0.309 e. The van der Waals surface area contributed by atoms with Crippen molar-refractivity contribution in [3.63, 3.8) is 0 Å². The summed E-state index contributed by atoms with van der Waals surface area (Å²) in [4.78, 5) is 2.53. The van der Waals surface area contributed by atoms with E-state index in [-0.39, 0.29) is 0 Å². The van der Waals surface area contributed by atoms with Gasteiger partial charge in [0.2, 0.25) is 0 Å². The van der Waals surface area contributed by atoms with Crippen molar-refractivity contribution in [1.82, 2.24) is 4.57 Å². The second-order valence-corrected chi connectivity index (χ2v) is 18.6. The molecule has 0 N–H and O–H groups in total. The minimum absolute atomic E-state index is 0.564. The third-order valence-electron chi connectivity index (χ3n) is 14.8. The molecule has 1 aromatic heterocycles. The van der Waals surface area contributed by atoms with Gasteiger partial charge in [-0.1, -0.05) is 213 Å². The average Bonchev–Trinajstić information content (AvgIpc) is 3.76. The first-order valence-corrected chi connectivity index (χ1v) is 24.4. The summed E-state index contributed by atoms with van der Waals surface area (Å²) in [6.45, 7) is 0. The Morgan fingerprint density at radius 1 is 0.353 bits per heavy atom. The number of rotatable bonds is 8. The maximum atomic E-state index is 2.53. The second kappa shape index (κ2) is 16.9. The number of nitrogens with zero attached hydrogens (tertiary/aromatic N) is 2. The molecule has 0 aliphatic heterocycles. The average molecular weight is 871 g/mol. The van der Waals surface area contributed by atoms with Gasteiger partial charge in [0.25, 0.3) is 0 Å². The fourth-order valence-corrected chi connectivity index (χ4v) is 11.7. The third-order valence-corrected chi connectivity index (χ3v) is 14.8. The van der Waals surface area contributed by atoms with Gasteiger partial charge in [0.05, 0.1) is 22.4 Å². The van der Waals surface area contributed by atoms with Crippen molar-refractivity contribution in [3.05, 3.63) is 242 Å². The van der Waals surface area contributed by atoms with E-state index >= 15 is 0 Å². The van der Waals surface area contributed by atoms with Gasteiger partial charge in [0.1, 0.15) is 0 Å². The predicted octanol–water partition coefficient (Wildman–Crippen LogP) is 18.8. The number of aromatic nitrogens is 1. The van der Waals surface area contributed by atoms with Crippen molar-refractivity contribution < 1.29 is 0 Å². The molecule has 68 heavy (non-hydrogen) atoms. The lowest BCUT2D eigenvalue weighted by molar-refractivity contribution is 0.445. The lowest BCUT2D eigenvalue weighted by Gasteiger charge is -2.31. The summed E-state index contributed by atoms with van der Waals surface area (Å²) in [6.07, 6.45) is 6.43. The summed E-state index contributed by atoms with van der Waals surface area (Å²) in [6, 6.07) is 87.9. The first-order valence-electron chi connectivity index (χ1n) is 24.4. The molecule has 0 spiro atoms. The van der Waals surface area contributed by atoms with Crippen LogP contribution >= 0.6 is 0 Å². The normalized spacial score (nSPS) is 13.2. The van der Waals surface area contributed by atoms with Crippen LogP contribution in [0.2, 0.25) is 0 Å². The predicted molar refractivity (Wildman–Crippen MR) is 290 cm³/mol. The third kappa shape index (κ3) is 6.70. The molecule has 0 saturated heterocycles. The molecular weight excluding hydrogens is 821 g/mol. The lowest BCUT2D eigenvalue weighted by atomic mass is 9.80. The van der Waals surface area contributed by atoms with Crippen LogP contribution in [0.5, 0.6) is 0 Å². The fourth-order valence-electron chi connectivity index (χ4n) is 11.7. The number of benzene rings is 11. The zero-order valence-electron chi connectivity index (χ0n) is 38.0. The fraction of sp³-hybridized carbons (Fsp3) is 0.0909. The van der Waals surface area contributed by atoms with Gasteiger partial charge >= 0.3 is 0 Å². The molecule has 2 heteroatoms. The molecule has 324 valence electrons. The van der Waals surface area contributed by atoms with Crippen LogP contribution in [0.3, 0.4) is 0 Å². The van der Waals surface area contributed by atoms with Gasteiger partial charge in [0.15, 0.2) is 0 Å². The van der Waals surface area contributed by atoms with Crippen LogP contribution in [0.4, 0.5) is 17.1 Å². The van der Waals surface area contributed by atoms with Crippen molar-refractivity contribution in [2.75, 3.05) is 4.90 Å². The first-order chi connectivity index (χ1) is 33.8. The van der Waals surface area contributed by atoms with Crippen molar-refractivity contribution in [2.24, 2.45) is 0 Å². The Hall–Kier alpha value is -8.20. The van der Waals surface area contributed by atoms with E-state index in [9.17, 15) is 0 Å². The van der Waals surface area contributed by atoms with Crippen LogP contribution in [-0.4, -0.2) is 4.57 Å². The van der Waals surface area contributed by atoms with Gasteiger partial charge in [0, 0.05) is 38.8 Å². The lowest BCUT2D eigenvalue weighted by Crippen LogP contribution is -2.13.